The van der Waals surface area contributed by atoms with Crippen LogP contribution in [0.4, 0.5) is 5.69 Å². The predicted molar refractivity (Wildman–Crippen MR) is 119 cm³/mol. The van der Waals surface area contributed by atoms with Crippen LogP contribution in [0.3, 0.4) is 0 Å². The summed E-state index contributed by atoms with van der Waals surface area (Å²) in [6.07, 6.45) is 0. The van der Waals surface area contributed by atoms with Gasteiger partial charge >= 0.3 is 0 Å². The fourth-order valence-electron chi connectivity index (χ4n) is 2.38. The average molecular weight is 456 g/mol. The Bertz CT molecular complexity index is 932. The summed E-state index contributed by atoms with van der Waals surface area (Å²) in [7, 11) is 0. The zero-order valence-electron chi connectivity index (χ0n) is 14.8. The van der Waals surface area contributed by atoms with Crippen LogP contribution in [-0.4, -0.2) is 17.6 Å². The van der Waals surface area contributed by atoms with Crippen molar-refractivity contribution in [3.05, 3.63) is 83.3 Å². The van der Waals surface area contributed by atoms with Gasteiger partial charge in [-0.05, 0) is 59.7 Å². The zero-order valence-corrected chi connectivity index (χ0v) is 17.2. The molecule has 0 saturated carbocycles. The van der Waals surface area contributed by atoms with Crippen molar-refractivity contribution in [2.75, 3.05) is 11.9 Å². The minimum atomic E-state index is -0.341. The maximum Gasteiger partial charge on any atom is 0.276 e. The third-order valence-electron chi connectivity index (χ3n) is 3.75. The predicted octanol–water partition coefficient (Wildman–Crippen LogP) is 4.51. The Morgan fingerprint density at radius 3 is 2.18 bits per heavy atom. The first-order valence-corrected chi connectivity index (χ1v) is 9.70. The van der Waals surface area contributed by atoms with Crippen molar-refractivity contribution in [3.63, 3.8) is 0 Å². The molecular weight excluding hydrogens is 438 g/mol. The molecule has 0 heterocycles. The molecule has 3 aromatic rings. The van der Waals surface area contributed by atoms with Crippen LogP contribution in [0, 0.1) is 0 Å². The fourth-order valence-corrected chi connectivity index (χ4v) is 2.81. The fraction of sp³-hybridized carbons (Fsp3) is 0.0476. The van der Waals surface area contributed by atoms with E-state index in [0.717, 1.165) is 21.3 Å². The standard InChI is InChI=1S/C21H18BrN3O2S/c22-17-8-10-18(11-9-17)23-21(28)25-24-20(26)14-27-19-12-6-16(7-13-19)15-4-2-1-3-5-15/h1-13H,14H2,(H,24,26)(H2,23,25,28). The van der Waals surface area contributed by atoms with Crippen LogP contribution in [0.5, 0.6) is 5.75 Å². The van der Waals surface area contributed by atoms with Crippen LogP contribution in [0.1, 0.15) is 0 Å². The topological polar surface area (TPSA) is 62.4 Å². The Morgan fingerprint density at radius 1 is 0.857 bits per heavy atom. The molecule has 0 unspecified atom stereocenters. The van der Waals surface area contributed by atoms with Crippen LogP contribution in [0.15, 0.2) is 83.3 Å². The molecule has 0 fully saturated rings. The van der Waals surface area contributed by atoms with E-state index in [9.17, 15) is 4.79 Å². The molecule has 0 spiro atoms. The minimum Gasteiger partial charge on any atom is -0.484 e. The number of halogens is 1. The molecule has 0 atom stereocenters. The lowest BCUT2D eigenvalue weighted by Gasteiger charge is -2.12. The second kappa shape index (κ2) is 9.87. The molecular formula is C21H18BrN3O2S. The highest BCUT2D eigenvalue weighted by Gasteiger charge is 2.05. The van der Waals surface area contributed by atoms with Crippen LogP contribution in [0.2, 0.25) is 0 Å². The monoisotopic (exact) mass is 455 g/mol. The number of nitrogens with one attached hydrogen (secondary N) is 3. The number of amides is 1. The van der Waals surface area contributed by atoms with Crippen LogP contribution in [-0.2, 0) is 4.79 Å². The number of thiocarbonyl (C=S) groups is 1. The van der Waals surface area contributed by atoms with Crippen molar-refractivity contribution in [2.45, 2.75) is 0 Å². The molecule has 0 aromatic heterocycles. The maximum absolute atomic E-state index is 11.9. The summed E-state index contributed by atoms with van der Waals surface area (Å²) < 4.78 is 6.47. The van der Waals surface area contributed by atoms with Crippen LogP contribution >= 0.6 is 28.1 Å². The number of hydrazine groups is 1. The molecule has 0 saturated heterocycles. The number of carbonyl (C=O) groups excluding carboxylic acids is 1. The number of carbonyl (C=O) groups is 1. The van der Waals surface area contributed by atoms with Gasteiger partial charge in [0.15, 0.2) is 11.7 Å². The summed E-state index contributed by atoms with van der Waals surface area (Å²) in [5, 5.41) is 3.24. The first-order valence-electron chi connectivity index (χ1n) is 8.50. The van der Waals surface area contributed by atoms with Crippen LogP contribution in [0.25, 0.3) is 11.1 Å². The second-order valence-electron chi connectivity index (χ2n) is 5.81. The van der Waals surface area contributed by atoms with E-state index in [0.29, 0.717) is 5.75 Å². The lowest BCUT2D eigenvalue weighted by Crippen LogP contribution is -2.45. The molecule has 142 valence electrons. The normalized spacial score (nSPS) is 10.0. The van der Waals surface area contributed by atoms with E-state index in [-0.39, 0.29) is 17.6 Å². The lowest BCUT2D eigenvalue weighted by molar-refractivity contribution is -0.123. The SMILES string of the molecule is O=C(COc1ccc(-c2ccccc2)cc1)NNC(=S)Nc1ccc(Br)cc1. The summed E-state index contributed by atoms with van der Waals surface area (Å²) in [6.45, 7) is -0.126. The van der Waals surface area contributed by atoms with E-state index in [4.69, 9.17) is 17.0 Å². The summed E-state index contributed by atoms with van der Waals surface area (Å²) in [6, 6.07) is 25.1. The van der Waals surface area contributed by atoms with Gasteiger partial charge in [0.2, 0.25) is 0 Å². The minimum absolute atomic E-state index is 0.126. The zero-order chi connectivity index (χ0) is 19.8. The molecule has 0 aliphatic carbocycles. The van der Waals surface area contributed by atoms with E-state index < -0.39 is 0 Å². The Balaban J connectivity index is 1.41. The van der Waals surface area contributed by atoms with Gasteiger partial charge in [-0.15, -0.1) is 0 Å². The molecule has 7 heteroatoms. The molecule has 3 N–H and O–H groups in total. The number of rotatable bonds is 5. The Labute approximate surface area is 177 Å². The highest BCUT2D eigenvalue weighted by Crippen LogP contribution is 2.21. The van der Waals surface area contributed by atoms with Crippen molar-refractivity contribution in [2.24, 2.45) is 0 Å². The van der Waals surface area contributed by atoms with Crippen molar-refractivity contribution in [1.29, 1.82) is 0 Å². The second-order valence-corrected chi connectivity index (χ2v) is 7.14. The summed E-state index contributed by atoms with van der Waals surface area (Å²) >= 11 is 8.50. The third kappa shape index (κ3) is 6.07. The number of hydrogen-bond donors (Lipinski definition) is 3. The van der Waals surface area contributed by atoms with Crippen molar-refractivity contribution < 1.29 is 9.53 Å². The summed E-state index contributed by atoms with van der Waals surface area (Å²) in [5.41, 5.74) is 8.16. The van der Waals surface area contributed by atoms with Gasteiger partial charge < -0.3 is 10.1 Å². The molecule has 3 rings (SSSR count). The third-order valence-corrected chi connectivity index (χ3v) is 4.48. The first-order chi connectivity index (χ1) is 13.6. The molecule has 0 aliphatic rings. The molecule has 5 nitrogen and oxygen atoms in total. The van der Waals surface area contributed by atoms with Gasteiger partial charge in [0, 0.05) is 10.2 Å². The van der Waals surface area contributed by atoms with Crippen molar-refractivity contribution in [1.82, 2.24) is 10.9 Å². The van der Waals surface area contributed by atoms with Gasteiger partial charge in [-0.25, -0.2) is 0 Å². The van der Waals surface area contributed by atoms with Crippen LogP contribution < -0.4 is 20.9 Å². The van der Waals surface area contributed by atoms with Gasteiger partial charge in [0.25, 0.3) is 5.91 Å². The molecule has 0 aliphatic heterocycles. The molecule has 3 aromatic carbocycles. The first kappa shape index (κ1) is 19.9. The molecule has 0 bridgehead atoms. The summed E-state index contributed by atoms with van der Waals surface area (Å²) in [4.78, 5) is 11.9. The van der Waals surface area contributed by atoms with E-state index in [1.54, 1.807) is 0 Å². The lowest BCUT2D eigenvalue weighted by atomic mass is 10.1. The van der Waals surface area contributed by atoms with E-state index in [1.807, 2.05) is 78.9 Å². The average Bonchev–Trinajstić information content (AvgIpc) is 2.73. The van der Waals surface area contributed by atoms with Gasteiger partial charge in [-0.1, -0.05) is 58.4 Å². The van der Waals surface area contributed by atoms with E-state index >= 15 is 0 Å². The highest BCUT2D eigenvalue weighted by molar-refractivity contribution is 9.10. The van der Waals surface area contributed by atoms with Crippen molar-refractivity contribution in [3.8, 4) is 16.9 Å². The number of benzene rings is 3. The molecule has 28 heavy (non-hydrogen) atoms. The van der Waals surface area contributed by atoms with Gasteiger partial charge in [0.1, 0.15) is 5.75 Å². The number of ether oxygens (including phenoxy) is 1. The number of hydrogen-bond acceptors (Lipinski definition) is 3. The Morgan fingerprint density at radius 2 is 1.50 bits per heavy atom. The largest absolute Gasteiger partial charge is 0.484 e. The summed E-state index contributed by atoms with van der Waals surface area (Å²) in [5.74, 6) is 0.275. The maximum atomic E-state index is 11.9. The van der Waals surface area contributed by atoms with E-state index in [2.05, 4.69) is 32.1 Å². The molecule has 0 radical (unpaired) electrons. The van der Waals surface area contributed by atoms with Gasteiger partial charge in [0.05, 0.1) is 0 Å². The Kier molecular flexibility index (Phi) is 7.00. The van der Waals surface area contributed by atoms with E-state index in [1.165, 1.54) is 0 Å². The number of anilines is 1. The molecule has 1 amide bonds. The quantitative estimate of drug-likeness (QED) is 0.390. The van der Waals surface area contributed by atoms with Crippen molar-refractivity contribution >= 4 is 44.9 Å². The Hall–Kier alpha value is -2.90. The smallest absolute Gasteiger partial charge is 0.276 e. The van der Waals surface area contributed by atoms with Gasteiger partial charge in [-0.3, -0.25) is 15.6 Å². The highest BCUT2D eigenvalue weighted by atomic mass is 79.9. The van der Waals surface area contributed by atoms with Gasteiger partial charge in [-0.2, -0.15) is 0 Å².